The van der Waals surface area contributed by atoms with Crippen LogP contribution >= 0.6 is 11.3 Å². The number of rotatable bonds is 2. The van der Waals surface area contributed by atoms with E-state index in [-0.39, 0.29) is 0 Å². The fraction of sp³-hybridized carbons (Fsp3) is 0.250. The van der Waals surface area contributed by atoms with Crippen LogP contribution in [0.4, 0.5) is 0 Å². The smallest absolute Gasteiger partial charge is 0.338 e. The minimum Gasteiger partial charge on any atom is -0.478 e. The minimum atomic E-state index is -0.869. The highest BCUT2D eigenvalue weighted by Gasteiger charge is 2.17. The average Bonchev–Trinajstić information content (AvgIpc) is 2.70. The number of carboxylic acids is 1. The molecule has 2 rings (SSSR count). The summed E-state index contributed by atoms with van der Waals surface area (Å²) in [6.07, 6.45) is 0. The van der Waals surface area contributed by atoms with Crippen LogP contribution in [0.5, 0.6) is 0 Å². The zero-order chi connectivity index (χ0) is 11.9. The molecule has 16 heavy (non-hydrogen) atoms. The molecular formula is C12H13NO2S. The first-order valence-electron chi connectivity index (χ1n) is 4.99. The van der Waals surface area contributed by atoms with Gasteiger partial charge in [-0.05, 0) is 39.0 Å². The van der Waals surface area contributed by atoms with Crippen molar-refractivity contribution in [2.45, 2.75) is 20.8 Å². The fourth-order valence-electron chi connectivity index (χ4n) is 1.81. The molecule has 0 saturated heterocycles. The minimum absolute atomic E-state index is 0.380. The maximum atomic E-state index is 11.1. The molecule has 0 fully saturated rings. The van der Waals surface area contributed by atoms with Gasteiger partial charge in [-0.25, -0.2) is 4.79 Å². The lowest BCUT2D eigenvalue weighted by atomic mass is 10.3. The van der Waals surface area contributed by atoms with E-state index in [1.807, 2.05) is 37.5 Å². The predicted octanol–water partition coefficient (Wildman–Crippen LogP) is 3.16. The van der Waals surface area contributed by atoms with Crippen LogP contribution in [0, 0.1) is 20.8 Å². The monoisotopic (exact) mass is 235 g/mol. The lowest BCUT2D eigenvalue weighted by Crippen LogP contribution is -2.03. The Morgan fingerprint density at radius 2 is 1.81 bits per heavy atom. The second-order valence-corrected chi connectivity index (χ2v) is 5.07. The van der Waals surface area contributed by atoms with Gasteiger partial charge in [0.15, 0.2) is 0 Å². The number of aromatic carboxylic acids is 1. The Hall–Kier alpha value is -1.55. The summed E-state index contributed by atoms with van der Waals surface area (Å²) in [5.74, 6) is -0.869. The van der Waals surface area contributed by atoms with E-state index in [2.05, 4.69) is 0 Å². The maximum absolute atomic E-state index is 11.1. The second kappa shape index (κ2) is 3.79. The van der Waals surface area contributed by atoms with E-state index in [0.29, 0.717) is 5.56 Å². The van der Waals surface area contributed by atoms with Crippen LogP contribution < -0.4 is 0 Å². The summed E-state index contributed by atoms with van der Waals surface area (Å²) >= 11 is 1.51. The third kappa shape index (κ3) is 1.65. The zero-order valence-electron chi connectivity index (χ0n) is 9.44. The standard InChI is InChI=1S/C12H13NO2S/c1-7-4-5-8(2)13(7)11-10(12(14)15)6-9(3)16-11/h4-6H,1-3H3,(H,14,15). The third-order valence-corrected chi connectivity index (χ3v) is 3.58. The molecule has 84 valence electrons. The van der Waals surface area contributed by atoms with Crippen LogP contribution in [-0.2, 0) is 0 Å². The van der Waals surface area contributed by atoms with Crippen molar-refractivity contribution in [3.05, 3.63) is 40.0 Å². The van der Waals surface area contributed by atoms with Gasteiger partial charge in [-0.2, -0.15) is 0 Å². The molecule has 0 amide bonds. The van der Waals surface area contributed by atoms with E-state index in [1.54, 1.807) is 6.07 Å². The summed E-state index contributed by atoms with van der Waals surface area (Å²) in [6.45, 7) is 5.89. The summed E-state index contributed by atoms with van der Waals surface area (Å²) in [7, 11) is 0. The molecule has 1 N–H and O–H groups in total. The topological polar surface area (TPSA) is 42.2 Å². The summed E-state index contributed by atoms with van der Waals surface area (Å²) in [5, 5.41) is 9.95. The Balaban J connectivity index is 2.68. The number of aryl methyl sites for hydroxylation is 3. The van der Waals surface area contributed by atoms with E-state index >= 15 is 0 Å². The lowest BCUT2D eigenvalue weighted by Gasteiger charge is -2.07. The van der Waals surface area contributed by atoms with Crippen LogP contribution in [0.1, 0.15) is 26.6 Å². The molecule has 2 aromatic heterocycles. The van der Waals surface area contributed by atoms with Crippen molar-refractivity contribution in [3.8, 4) is 5.00 Å². The molecule has 0 saturated carbocycles. The zero-order valence-corrected chi connectivity index (χ0v) is 10.3. The Kier molecular flexibility index (Phi) is 2.59. The third-order valence-electron chi connectivity index (χ3n) is 2.54. The van der Waals surface area contributed by atoms with Crippen molar-refractivity contribution < 1.29 is 9.90 Å². The SMILES string of the molecule is Cc1cc(C(=O)O)c(-n2c(C)ccc2C)s1. The highest BCUT2D eigenvalue weighted by molar-refractivity contribution is 7.14. The Morgan fingerprint density at radius 3 is 2.31 bits per heavy atom. The molecule has 0 radical (unpaired) electrons. The molecule has 4 heteroatoms. The van der Waals surface area contributed by atoms with Crippen LogP contribution in [0.2, 0.25) is 0 Å². The van der Waals surface area contributed by atoms with Gasteiger partial charge in [0.25, 0.3) is 0 Å². The van der Waals surface area contributed by atoms with Gasteiger partial charge in [-0.15, -0.1) is 11.3 Å². The quantitative estimate of drug-likeness (QED) is 0.868. The van der Waals surface area contributed by atoms with Gasteiger partial charge in [0, 0.05) is 16.3 Å². The number of hydrogen-bond acceptors (Lipinski definition) is 2. The van der Waals surface area contributed by atoms with E-state index in [9.17, 15) is 4.79 Å². The van der Waals surface area contributed by atoms with Crippen molar-refractivity contribution in [1.82, 2.24) is 4.57 Å². The van der Waals surface area contributed by atoms with Gasteiger partial charge in [0.05, 0.1) is 5.56 Å². The molecule has 2 aromatic rings. The lowest BCUT2D eigenvalue weighted by molar-refractivity contribution is 0.0697. The molecule has 0 atom stereocenters. The van der Waals surface area contributed by atoms with Gasteiger partial charge >= 0.3 is 5.97 Å². The molecular weight excluding hydrogens is 222 g/mol. The van der Waals surface area contributed by atoms with Crippen molar-refractivity contribution in [2.24, 2.45) is 0 Å². The normalized spacial score (nSPS) is 10.7. The molecule has 0 aliphatic rings. The average molecular weight is 235 g/mol. The van der Waals surface area contributed by atoms with Crippen molar-refractivity contribution >= 4 is 17.3 Å². The van der Waals surface area contributed by atoms with Crippen LogP contribution in [-0.4, -0.2) is 15.6 Å². The van der Waals surface area contributed by atoms with E-state index in [4.69, 9.17) is 5.11 Å². The number of thiophene rings is 1. The molecule has 3 nitrogen and oxygen atoms in total. The van der Waals surface area contributed by atoms with E-state index in [0.717, 1.165) is 21.3 Å². The highest BCUT2D eigenvalue weighted by atomic mass is 32.1. The number of carbonyl (C=O) groups is 1. The molecule has 2 heterocycles. The summed E-state index contributed by atoms with van der Waals surface area (Å²) in [5.41, 5.74) is 2.49. The molecule has 0 aliphatic heterocycles. The first-order chi connectivity index (χ1) is 7.50. The first kappa shape index (κ1) is 11.0. The Morgan fingerprint density at radius 1 is 1.25 bits per heavy atom. The van der Waals surface area contributed by atoms with Gasteiger partial charge in [-0.3, -0.25) is 0 Å². The molecule has 0 unspecified atom stereocenters. The molecule has 0 aromatic carbocycles. The van der Waals surface area contributed by atoms with Crippen LogP contribution in [0.25, 0.3) is 5.00 Å². The number of carboxylic acid groups (broad SMARTS) is 1. The summed E-state index contributed by atoms with van der Waals surface area (Å²) in [6, 6.07) is 5.72. The largest absolute Gasteiger partial charge is 0.478 e. The van der Waals surface area contributed by atoms with Gasteiger partial charge in [-0.1, -0.05) is 0 Å². The predicted molar refractivity (Wildman–Crippen MR) is 64.8 cm³/mol. The van der Waals surface area contributed by atoms with Gasteiger partial charge in [0.2, 0.25) is 0 Å². The molecule has 0 spiro atoms. The molecule has 0 bridgehead atoms. The number of aromatic nitrogens is 1. The van der Waals surface area contributed by atoms with Gasteiger partial charge in [0.1, 0.15) is 5.00 Å². The highest BCUT2D eigenvalue weighted by Crippen LogP contribution is 2.28. The van der Waals surface area contributed by atoms with Crippen molar-refractivity contribution in [2.75, 3.05) is 0 Å². The van der Waals surface area contributed by atoms with E-state index in [1.165, 1.54) is 11.3 Å². The fourth-order valence-corrected chi connectivity index (χ4v) is 2.93. The van der Waals surface area contributed by atoms with Crippen molar-refractivity contribution in [1.29, 1.82) is 0 Å². The Labute approximate surface area is 98.0 Å². The summed E-state index contributed by atoms with van der Waals surface area (Å²) < 4.78 is 1.99. The number of hydrogen-bond donors (Lipinski definition) is 1. The van der Waals surface area contributed by atoms with Gasteiger partial charge < -0.3 is 9.67 Å². The Bertz CT molecular complexity index is 532. The molecule has 0 aliphatic carbocycles. The van der Waals surface area contributed by atoms with Crippen LogP contribution in [0.15, 0.2) is 18.2 Å². The van der Waals surface area contributed by atoms with Crippen LogP contribution in [0.3, 0.4) is 0 Å². The first-order valence-corrected chi connectivity index (χ1v) is 5.81. The van der Waals surface area contributed by atoms with E-state index < -0.39 is 5.97 Å². The van der Waals surface area contributed by atoms with Crippen molar-refractivity contribution in [3.63, 3.8) is 0 Å². The number of nitrogens with zero attached hydrogens (tertiary/aromatic N) is 1. The second-order valence-electron chi connectivity index (χ2n) is 3.83. The maximum Gasteiger partial charge on any atom is 0.338 e. The summed E-state index contributed by atoms with van der Waals surface area (Å²) in [4.78, 5) is 12.2.